The summed E-state index contributed by atoms with van der Waals surface area (Å²) >= 11 is 0. The van der Waals surface area contributed by atoms with Gasteiger partial charge in [0.1, 0.15) is 0 Å². The monoisotopic (exact) mass is 484 g/mol. The van der Waals surface area contributed by atoms with Crippen LogP contribution in [0.5, 0.6) is 0 Å². The van der Waals surface area contributed by atoms with Crippen LogP contribution in [0.2, 0.25) is 0 Å². The summed E-state index contributed by atoms with van der Waals surface area (Å²) in [6.45, 7) is 10.1. The molecular formula is C25H32N4O4S. The molecule has 182 valence electrons. The number of hydrazine groups is 1. The van der Waals surface area contributed by atoms with E-state index in [1.54, 1.807) is 43.3 Å². The predicted molar refractivity (Wildman–Crippen MR) is 133 cm³/mol. The lowest BCUT2D eigenvalue weighted by atomic mass is 9.87. The summed E-state index contributed by atoms with van der Waals surface area (Å²) in [5.41, 5.74) is 3.15. The molecular weight excluding hydrogens is 452 g/mol. The van der Waals surface area contributed by atoms with Crippen LogP contribution in [-0.2, 0) is 22.0 Å². The summed E-state index contributed by atoms with van der Waals surface area (Å²) < 4.78 is 27.3. The molecule has 0 saturated heterocycles. The van der Waals surface area contributed by atoms with E-state index in [4.69, 9.17) is 0 Å². The first kappa shape index (κ1) is 25.6. The highest BCUT2D eigenvalue weighted by molar-refractivity contribution is 7.89. The maximum Gasteiger partial charge on any atom is 0.287 e. The lowest BCUT2D eigenvalue weighted by molar-refractivity contribution is 0.0939. The normalized spacial score (nSPS) is 12.1. The van der Waals surface area contributed by atoms with Crippen molar-refractivity contribution < 1.29 is 13.2 Å². The van der Waals surface area contributed by atoms with Gasteiger partial charge in [-0.1, -0.05) is 70.9 Å². The summed E-state index contributed by atoms with van der Waals surface area (Å²) in [4.78, 5) is 28.1. The molecule has 3 aromatic rings. The first-order chi connectivity index (χ1) is 16.0. The van der Waals surface area contributed by atoms with Crippen LogP contribution in [0, 0.1) is 6.92 Å². The fourth-order valence-electron chi connectivity index (χ4n) is 3.65. The Morgan fingerprint density at radius 2 is 1.74 bits per heavy atom. The minimum absolute atomic E-state index is 0.0189. The molecule has 2 N–H and O–H groups in total. The zero-order valence-corrected chi connectivity index (χ0v) is 21.1. The van der Waals surface area contributed by atoms with Crippen molar-refractivity contribution >= 4 is 26.7 Å². The number of carbonyl (C=O) groups is 1. The fraction of sp³-hybridized carbons (Fsp3) is 0.400. The van der Waals surface area contributed by atoms with Gasteiger partial charge in [0, 0.05) is 11.9 Å². The zero-order valence-electron chi connectivity index (χ0n) is 20.3. The smallest absolute Gasteiger partial charge is 0.272 e. The van der Waals surface area contributed by atoms with E-state index >= 15 is 0 Å². The van der Waals surface area contributed by atoms with Gasteiger partial charge in [0.05, 0.1) is 10.3 Å². The third-order valence-corrected chi connectivity index (χ3v) is 7.09. The van der Waals surface area contributed by atoms with Crippen molar-refractivity contribution in [2.75, 3.05) is 0 Å². The summed E-state index contributed by atoms with van der Waals surface area (Å²) in [5.74, 6) is -0.742. The molecule has 1 amide bonds. The lowest BCUT2D eigenvalue weighted by Gasteiger charge is -2.21. The third-order valence-electron chi connectivity index (χ3n) is 5.70. The van der Waals surface area contributed by atoms with Crippen LogP contribution >= 0.6 is 0 Å². The van der Waals surface area contributed by atoms with Crippen LogP contribution < -0.4 is 15.8 Å². The van der Waals surface area contributed by atoms with Crippen LogP contribution in [0.1, 0.15) is 68.6 Å². The maximum atomic E-state index is 13.0. The van der Waals surface area contributed by atoms with Crippen molar-refractivity contribution in [3.05, 3.63) is 69.6 Å². The number of aromatic nitrogens is 2. The number of nitrogens with one attached hydrogen (secondary N) is 2. The molecule has 9 heteroatoms. The second kappa shape index (κ2) is 10.1. The summed E-state index contributed by atoms with van der Waals surface area (Å²) in [5, 5.41) is 4.99. The topological polar surface area (TPSA) is 110 Å². The minimum Gasteiger partial charge on any atom is -0.272 e. The quantitative estimate of drug-likeness (QED) is 0.373. The number of aryl methyl sites for hydroxylation is 2. The SMILES string of the molecule is CCCCCn1nc(C(=O)NNS(=O)(=O)c2cc(C(C)(C)C)ccc2C)c2ccccc2c1=O. The summed E-state index contributed by atoms with van der Waals surface area (Å²) in [7, 11) is -4.04. The van der Waals surface area contributed by atoms with Gasteiger partial charge in [0.25, 0.3) is 21.5 Å². The molecule has 1 heterocycles. The summed E-state index contributed by atoms with van der Waals surface area (Å²) in [6, 6.07) is 11.9. The number of nitrogens with zero attached hydrogens (tertiary/aromatic N) is 2. The van der Waals surface area contributed by atoms with E-state index in [1.165, 1.54) is 4.68 Å². The van der Waals surface area contributed by atoms with Crippen molar-refractivity contribution in [1.29, 1.82) is 0 Å². The minimum atomic E-state index is -4.04. The summed E-state index contributed by atoms with van der Waals surface area (Å²) in [6.07, 6.45) is 2.65. The molecule has 0 aliphatic carbocycles. The number of amides is 1. The number of unbranched alkanes of at least 4 members (excludes halogenated alkanes) is 2. The Morgan fingerprint density at radius 1 is 1.06 bits per heavy atom. The van der Waals surface area contributed by atoms with Crippen molar-refractivity contribution in [1.82, 2.24) is 20.0 Å². The first-order valence-electron chi connectivity index (χ1n) is 11.4. The second-order valence-electron chi connectivity index (χ2n) is 9.42. The van der Waals surface area contributed by atoms with Crippen LogP contribution in [0.15, 0.2) is 52.2 Å². The highest BCUT2D eigenvalue weighted by Gasteiger charge is 2.23. The first-order valence-corrected chi connectivity index (χ1v) is 12.9. The van der Waals surface area contributed by atoms with Crippen LogP contribution in [0.3, 0.4) is 0 Å². The van der Waals surface area contributed by atoms with E-state index in [0.717, 1.165) is 24.8 Å². The van der Waals surface area contributed by atoms with E-state index in [9.17, 15) is 18.0 Å². The zero-order chi connectivity index (χ0) is 25.1. The van der Waals surface area contributed by atoms with E-state index in [2.05, 4.69) is 22.3 Å². The molecule has 2 aromatic carbocycles. The Kier molecular flexibility index (Phi) is 7.57. The Morgan fingerprint density at radius 3 is 2.38 bits per heavy atom. The Labute approximate surface area is 200 Å². The molecule has 34 heavy (non-hydrogen) atoms. The molecule has 1 aromatic heterocycles. The average molecular weight is 485 g/mol. The largest absolute Gasteiger partial charge is 0.287 e. The number of fused-ring (bicyclic) bond motifs is 1. The van der Waals surface area contributed by atoms with Gasteiger partial charge in [-0.3, -0.25) is 15.0 Å². The number of benzene rings is 2. The van der Waals surface area contributed by atoms with Gasteiger partial charge in [-0.15, -0.1) is 4.83 Å². The fourth-order valence-corrected chi connectivity index (χ4v) is 4.76. The van der Waals surface area contributed by atoms with Gasteiger partial charge < -0.3 is 0 Å². The van der Waals surface area contributed by atoms with Gasteiger partial charge in [-0.05, 0) is 42.0 Å². The maximum absolute atomic E-state index is 13.0. The van der Waals surface area contributed by atoms with Crippen molar-refractivity contribution in [3.63, 3.8) is 0 Å². The Balaban J connectivity index is 1.92. The van der Waals surface area contributed by atoms with Crippen molar-refractivity contribution in [2.45, 2.75) is 70.7 Å². The molecule has 0 atom stereocenters. The number of sulfonamides is 1. The molecule has 3 rings (SSSR count). The number of hydrogen-bond acceptors (Lipinski definition) is 5. The van der Waals surface area contributed by atoms with Gasteiger partial charge in [0.15, 0.2) is 5.69 Å². The molecule has 0 fully saturated rings. The number of hydrogen-bond donors (Lipinski definition) is 2. The lowest BCUT2D eigenvalue weighted by Crippen LogP contribution is -2.43. The van der Waals surface area contributed by atoms with E-state index in [-0.39, 0.29) is 21.6 Å². The Bertz CT molecular complexity index is 1370. The van der Waals surface area contributed by atoms with Crippen LogP contribution in [0.4, 0.5) is 0 Å². The highest BCUT2D eigenvalue weighted by atomic mass is 32.2. The van der Waals surface area contributed by atoms with Gasteiger partial charge in [0.2, 0.25) is 0 Å². The molecule has 0 radical (unpaired) electrons. The van der Waals surface area contributed by atoms with Crippen molar-refractivity contribution in [2.24, 2.45) is 0 Å². The molecule has 0 bridgehead atoms. The molecule has 8 nitrogen and oxygen atoms in total. The molecule has 0 aliphatic heterocycles. The molecule has 0 saturated carbocycles. The average Bonchev–Trinajstić information content (AvgIpc) is 2.78. The second-order valence-corrected chi connectivity index (χ2v) is 11.1. The standard InChI is InChI=1S/C25H32N4O4S/c1-6-7-10-15-29-24(31)20-12-9-8-11-19(20)22(27-29)23(30)26-28-34(32,33)21-16-18(25(3,4)5)14-13-17(21)2/h8-9,11-14,16,28H,6-7,10,15H2,1-5H3,(H,26,30). The van der Waals surface area contributed by atoms with Gasteiger partial charge >= 0.3 is 0 Å². The highest BCUT2D eigenvalue weighted by Crippen LogP contribution is 2.26. The van der Waals surface area contributed by atoms with Crippen LogP contribution in [-0.4, -0.2) is 24.1 Å². The van der Waals surface area contributed by atoms with E-state index in [1.807, 2.05) is 26.8 Å². The van der Waals surface area contributed by atoms with Crippen molar-refractivity contribution in [3.8, 4) is 0 Å². The predicted octanol–water partition coefficient (Wildman–Crippen LogP) is 3.82. The van der Waals surface area contributed by atoms with Crippen LogP contribution in [0.25, 0.3) is 10.8 Å². The molecule has 0 unspecified atom stereocenters. The van der Waals surface area contributed by atoms with E-state index in [0.29, 0.717) is 22.9 Å². The van der Waals surface area contributed by atoms with E-state index < -0.39 is 15.9 Å². The number of rotatable bonds is 8. The number of carbonyl (C=O) groups excluding carboxylic acids is 1. The molecule has 0 spiro atoms. The van der Waals surface area contributed by atoms with Gasteiger partial charge in [-0.2, -0.15) is 5.10 Å². The molecule has 0 aliphatic rings. The van der Waals surface area contributed by atoms with Gasteiger partial charge in [-0.25, -0.2) is 13.1 Å². The third kappa shape index (κ3) is 5.53. The Hall–Kier alpha value is -3.04.